The standard InChI is InChI=1S/C17H11FN5S.C5H5.Fe/c18-14-7-3-4-12(8-14)9-20-17-22-15(13-5-1-2-6-13)16(24-17)23-11-19-10-21-23;1-2-4-5-3-1;/h1-11H;1-5H;/q;;+2/b20-9+;;. The van der Waals surface area contributed by atoms with Gasteiger partial charge < -0.3 is 0 Å². The minimum Gasteiger partial charge on any atom is -0.227 e. The first-order chi connectivity index (χ1) is 14.3. The minimum absolute atomic E-state index is 0. The molecule has 0 aliphatic heterocycles. The fourth-order valence-electron chi connectivity index (χ4n) is 2.58. The van der Waals surface area contributed by atoms with Gasteiger partial charge in [-0.2, -0.15) is 5.10 Å². The van der Waals surface area contributed by atoms with E-state index >= 15 is 0 Å². The zero-order valence-electron chi connectivity index (χ0n) is 15.6. The smallest absolute Gasteiger partial charge is 0.227 e. The average molecular weight is 457 g/mol. The SMILES string of the molecule is Fc1cccc(/C=N/c2nc([C]3[CH][CH][CH][CH]3)c(-n3cncn3)s2)c1.[CH]1[CH][CH][CH][CH]1.[Fe+2]. The molecule has 0 atom stereocenters. The fraction of sp³-hybridized carbons (Fsp3) is 0. The molecule has 2 aromatic heterocycles. The number of hydrogen-bond acceptors (Lipinski definition) is 5. The Morgan fingerprint density at radius 1 is 1.00 bits per heavy atom. The Morgan fingerprint density at radius 3 is 2.37 bits per heavy atom. The molecule has 5 nitrogen and oxygen atoms in total. The zero-order valence-corrected chi connectivity index (χ0v) is 17.5. The van der Waals surface area contributed by atoms with Crippen LogP contribution in [0.5, 0.6) is 0 Å². The number of halogens is 1. The molecule has 10 radical (unpaired) electrons. The van der Waals surface area contributed by atoms with Crippen LogP contribution >= 0.6 is 11.3 Å². The number of hydrogen-bond donors (Lipinski definition) is 0. The molecule has 2 aliphatic rings. The van der Waals surface area contributed by atoms with Crippen LogP contribution in [0, 0.1) is 69.5 Å². The van der Waals surface area contributed by atoms with E-state index in [2.05, 4.69) is 20.1 Å². The largest absolute Gasteiger partial charge is 2.00 e. The second-order valence-corrected chi connectivity index (χ2v) is 6.90. The molecule has 0 unspecified atom stereocenters. The van der Waals surface area contributed by atoms with Gasteiger partial charge in [-0.3, -0.25) is 0 Å². The van der Waals surface area contributed by atoms with Crippen molar-refractivity contribution in [2.24, 2.45) is 4.99 Å². The zero-order chi connectivity index (χ0) is 19.9. The van der Waals surface area contributed by atoms with Gasteiger partial charge in [0.15, 0.2) is 0 Å². The first-order valence-corrected chi connectivity index (χ1v) is 9.65. The normalized spacial score (nSPS) is 16.4. The van der Waals surface area contributed by atoms with E-state index < -0.39 is 0 Å². The van der Waals surface area contributed by atoms with Crippen molar-refractivity contribution >= 4 is 22.7 Å². The summed E-state index contributed by atoms with van der Waals surface area (Å²) in [5.41, 5.74) is 1.48. The summed E-state index contributed by atoms with van der Waals surface area (Å²) in [4.78, 5) is 12.9. The van der Waals surface area contributed by atoms with Crippen LogP contribution in [0.3, 0.4) is 0 Å². The van der Waals surface area contributed by atoms with Gasteiger partial charge in [-0.15, -0.1) is 0 Å². The molecular formula is C22H16FFeN5S+2. The second-order valence-electron chi connectivity index (χ2n) is 5.94. The van der Waals surface area contributed by atoms with Gasteiger partial charge in [0, 0.05) is 12.1 Å². The molecule has 1 aromatic carbocycles. The molecule has 2 saturated carbocycles. The number of rotatable bonds is 4. The maximum atomic E-state index is 13.2. The summed E-state index contributed by atoms with van der Waals surface area (Å²) in [5, 5.41) is 5.58. The van der Waals surface area contributed by atoms with E-state index in [1.54, 1.807) is 29.4 Å². The summed E-state index contributed by atoms with van der Waals surface area (Å²) in [6.45, 7) is 0. The molecule has 0 bridgehead atoms. The molecule has 2 heterocycles. The number of thiazole rings is 1. The molecule has 0 spiro atoms. The topological polar surface area (TPSA) is 56.0 Å². The summed E-state index contributed by atoms with van der Waals surface area (Å²) in [5.74, 6) is 0.697. The predicted molar refractivity (Wildman–Crippen MR) is 112 cm³/mol. The van der Waals surface area contributed by atoms with Crippen molar-refractivity contribution < 1.29 is 21.5 Å². The third-order valence-electron chi connectivity index (χ3n) is 3.89. The molecule has 0 saturated heterocycles. The molecule has 148 valence electrons. The van der Waals surface area contributed by atoms with Crippen LogP contribution < -0.4 is 0 Å². The van der Waals surface area contributed by atoms with Crippen molar-refractivity contribution in [3.05, 3.63) is 118 Å². The molecule has 2 aliphatic carbocycles. The van der Waals surface area contributed by atoms with Crippen molar-refractivity contribution in [3.63, 3.8) is 0 Å². The molecule has 30 heavy (non-hydrogen) atoms. The van der Waals surface area contributed by atoms with Crippen LogP contribution in [0.25, 0.3) is 5.00 Å². The summed E-state index contributed by atoms with van der Waals surface area (Å²) in [7, 11) is 0. The molecule has 0 N–H and O–H groups in total. The molecule has 5 rings (SSSR count). The molecule has 2 fully saturated rings. The van der Waals surface area contributed by atoms with Crippen LogP contribution in [0.15, 0.2) is 41.9 Å². The molecule has 8 heteroatoms. The number of aromatic nitrogens is 4. The van der Waals surface area contributed by atoms with E-state index in [-0.39, 0.29) is 22.9 Å². The van der Waals surface area contributed by atoms with Crippen molar-refractivity contribution in [1.29, 1.82) is 0 Å². The summed E-state index contributed by atoms with van der Waals surface area (Å²) in [6, 6.07) is 6.26. The second kappa shape index (κ2) is 11.5. The van der Waals surface area contributed by atoms with Crippen molar-refractivity contribution in [2.75, 3.05) is 0 Å². The number of benzene rings is 1. The van der Waals surface area contributed by atoms with Crippen LogP contribution in [-0.2, 0) is 17.1 Å². The first-order valence-electron chi connectivity index (χ1n) is 8.84. The quantitative estimate of drug-likeness (QED) is 0.432. The van der Waals surface area contributed by atoms with Crippen LogP contribution in [0.1, 0.15) is 11.3 Å². The number of aliphatic imine (C=N–C) groups is 1. The van der Waals surface area contributed by atoms with E-state index in [1.807, 2.05) is 57.8 Å². The maximum Gasteiger partial charge on any atom is 2.00 e. The third kappa shape index (κ3) is 6.06. The predicted octanol–water partition coefficient (Wildman–Crippen LogP) is 4.39. The van der Waals surface area contributed by atoms with Gasteiger partial charge in [-0.1, -0.05) is 23.5 Å². The Morgan fingerprint density at radius 2 is 1.73 bits per heavy atom. The Labute approximate surface area is 191 Å². The van der Waals surface area contributed by atoms with Gasteiger partial charge in [0.2, 0.25) is 5.13 Å². The van der Waals surface area contributed by atoms with Crippen LogP contribution in [0.4, 0.5) is 9.52 Å². The fourth-order valence-corrected chi connectivity index (χ4v) is 3.45. The van der Waals surface area contributed by atoms with E-state index in [9.17, 15) is 4.39 Å². The van der Waals surface area contributed by atoms with Gasteiger partial charge in [0.05, 0.1) is 5.69 Å². The maximum absolute atomic E-state index is 13.2. The van der Waals surface area contributed by atoms with E-state index in [1.165, 1.54) is 29.8 Å². The third-order valence-corrected chi connectivity index (χ3v) is 4.84. The van der Waals surface area contributed by atoms with Crippen molar-refractivity contribution in [1.82, 2.24) is 19.7 Å². The minimum atomic E-state index is -0.293. The summed E-state index contributed by atoms with van der Waals surface area (Å²) >= 11 is 1.40. The first kappa shape index (κ1) is 22.8. The Hall–Kier alpha value is -1.89. The van der Waals surface area contributed by atoms with Crippen LogP contribution in [0.2, 0.25) is 0 Å². The summed E-state index contributed by atoms with van der Waals surface area (Å²) in [6.07, 6.45) is 22.6. The molecular weight excluding hydrogens is 441 g/mol. The van der Waals surface area contributed by atoms with Gasteiger partial charge in [-0.25, -0.2) is 24.0 Å². The monoisotopic (exact) mass is 457 g/mol. The average Bonchev–Trinajstić information content (AvgIpc) is 3.54. The van der Waals surface area contributed by atoms with Crippen molar-refractivity contribution in [3.8, 4) is 5.00 Å². The van der Waals surface area contributed by atoms with E-state index in [0.717, 1.165) is 16.6 Å². The summed E-state index contributed by atoms with van der Waals surface area (Å²) < 4.78 is 14.9. The van der Waals surface area contributed by atoms with E-state index in [0.29, 0.717) is 10.7 Å². The Balaban J connectivity index is 0.000000376. The van der Waals surface area contributed by atoms with Crippen molar-refractivity contribution in [2.45, 2.75) is 0 Å². The van der Waals surface area contributed by atoms with Gasteiger partial charge in [0.25, 0.3) is 0 Å². The Bertz CT molecular complexity index is 923. The van der Waals surface area contributed by atoms with Gasteiger partial charge >= 0.3 is 17.1 Å². The molecule has 0 amide bonds. The van der Waals surface area contributed by atoms with Gasteiger partial charge in [-0.05, 0) is 75.5 Å². The number of nitrogens with zero attached hydrogens (tertiary/aromatic N) is 5. The molecule has 3 aromatic rings. The van der Waals surface area contributed by atoms with Crippen LogP contribution in [-0.4, -0.2) is 26.0 Å². The Kier molecular flexibility index (Phi) is 8.73. The van der Waals surface area contributed by atoms with E-state index in [4.69, 9.17) is 0 Å². The van der Waals surface area contributed by atoms with Gasteiger partial charge in [0.1, 0.15) is 23.5 Å².